The maximum atomic E-state index is 10.9. The quantitative estimate of drug-likeness (QED) is 0.228. The van der Waals surface area contributed by atoms with Crippen LogP contribution in [0.5, 0.6) is 0 Å². The van der Waals surface area contributed by atoms with E-state index in [2.05, 4.69) is 8.92 Å². The van der Waals surface area contributed by atoms with Crippen LogP contribution in [0.1, 0.15) is 6.42 Å². The summed E-state index contributed by atoms with van der Waals surface area (Å²) in [6.45, 7) is -1.17. The van der Waals surface area contributed by atoms with E-state index >= 15 is 0 Å². The predicted octanol–water partition coefficient (Wildman–Crippen LogP) is -4.19. The summed E-state index contributed by atoms with van der Waals surface area (Å²) in [7, 11) is -5.09. The molecule has 0 bridgehead atoms. The predicted molar refractivity (Wildman–Crippen MR) is 63.6 cm³/mol. The molecule has 0 spiro atoms. The van der Waals surface area contributed by atoms with Crippen molar-refractivity contribution in [1.29, 1.82) is 0 Å². The molecular formula is C9H16O12S. The van der Waals surface area contributed by atoms with Crippen LogP contribution in [0.15, 0.2) is 0 Å². The Hall–Kier alpha value is -0.900. The van der Waals surface area contributed by atoms with Crippen LogP contribution >= 0.6 is 0 Å². The molecule has 0 aromatic heterocycles. The molecule has 12 nitrogen and oxygen atoms in total. The molecule has 0 amide bonds. The Kier molecular flexibility index (Phi) is 5.82. The molecule has 7 N–H and O–H groups in total. The van der Waals surface area contributed by atoms with Gasteiger partial charge in [0, 0.05) is 6.42 Å². The molecule has 0 saturated carbocycles. The number of hydrogen-bond acceptors (Lipinski definition) is 10. The minimum absolute atomic E-state index is 0.921. The van der Waals surface area contributed by atoms with Crippen LogP contribution in [-0.2, 0) is 24.1 Å². The molecule has 0 aromatic rings. The maximum Gasteiger partial charge on any atom is 0.397 e. The molecule has 1 unspecified atom stereocenters. The van der Waals surface area contributed by atoms with Crippen molar-refractivity contribution < 1.29 is 57.3 Å². The third-order valence-corrected chi connectivity index (χ3v) is 3.51. The lowest BCUT2D eigenvalue weighted by Crippen LogP contribution is -2.63. The number of carboxylic acid groups (broad SMARTS) is 1. The zero-order valence-corrected chi connectivity index (χ0v) is 11.7. The Balaban J connectivity index is 3.02. The van der Waals surface area contributed by atoms with Crippen LogP contribution in [0.4, 0.5) is 0 Å². The molecular weight excluding hydrogens is 332 g/mol. The SMILES string of the molecule is O=C(O)[C@@]1(O)C[C@@H](O)[C@@H](O)[C@@H](C(O)[C@H](CO)OS(=O)(=O)O)O1. The molecule has 130 valence electrons. The Bertz CT molecular complexity index is 505. The number of ether oxygens (including phenoxy) is 1. The van der Waals surface area contributed by atoms with E-state index in [9.17, 15) is 33.6 Å². The smallest absolute Gasteiger partial charge is 0.397 e. The van der Waals surface area contributed by atoms with Gasteiger partial charge in [-0.05, 0) is 0 Å². The summed E-state index contributed by atoms with van der Waals surface area (Å²) in [4.78, 5) is 10.9. The van der Waals surface area contributed by atoms with E-state index in [0.717, 1.165) is 0 Å². The van der Waals surface area contributed by atoms with Gasteiger partial charge < -0.3 is 35.4 Å². The minimum atomic E-state index is -5.09. The van der Waals surface area contributed by atoms with Gasteiger partial charge in [0.15, 0.2) is 0 Å². The summed E-state index contributed by atoms with van der Waals surface area (Å²) in [5.41, 5.74) is 0. The Morgan fingerprint density at radius 2 is 1.95 bits per heavy atom. The fraction of sp³-hybridized carbons (Fsp3) is 0.889. The van der Waals surface area contributed by atoms with Crippen molar-refractivity contribution in [2.24, 2.45) is 0 Å². The van der Waals surface area contributed by atoms with Crippen molar-refractivity contribution in [2.45, 2.75) is 42.7 Å². The van der Waals surface area contributed by atoms with Crippen molar-refractivity contribution in [1.82, 2.24) is 0 Å². The fourth-order valence-corrected chi connectivity index (χ4v) is 2.43. The average molecular weight is 348 g/mol. The summed E-state index contributed by atoms with van der Waals surface area (Å²) in [5, 5.41) is 56.5. The maximum absolute atomic E-state index is 10.9. The van der Waals surface area contributed by atoms with Crippen LogP contribution in [0.3, 0.4) is 0 Å². The van der Waals surface area contributed by atoms with Crippen molar-refractivity contribution >= 4 is 16.4 Å². The van der Waals surface area contributed by atoms with Crippen LogP contribution < -0.4 is 0 Å². The minimum Gasteiger partial charge on any atom is -0.477 e. The molecule has 6 atom stereocenters. The van der Waals surface area contributed by atoms with Gasteiger partial charge in [-0.1, -0.05) is 0 Å². The number of hydrogen-bond donors (Lipinski definition) is 7. The number of carboxylic acids is 1. The summed E-state index contributed by atoms with van der Waals surface area (Å²) in [5.74, 6) is -4.88. The standard InChI is InChI=1S/C9H16O12S/c10-2-4(21-22(17,18)19)6(13)7-5(12)3(11)1-9(16,20-7)8(14)15/h3-7,10-13,16H,1-2H2,(H,14,15)(H,17,18,19)/t3-,4+,5-,6?,7+,9-/m1/s1. The van der Waals surface area contributed by atoms with Gasteiger partial charge in [-0.15, -0.1) is 0 Å². The molecule has 0 aliphatic carbocycles. The van der Waals surface area contributed by atoms with Crippen molar-refractivity contribution in [3.63, 3.8) is 0 Å². The summed E-state index contributed by atoms with van der Waals surface area (Å²) in [6, 6.07) is 0. The molecule has 0 aromatic carbocycles. The molecule has 13 heteroatoms. The molecule has 22 heavy (non-hydrogen) atoms. The van der Waals surface area contributed by atoms with Crippen LogP contribution in [0.25, 0.3) is 0 Å². The summed E-state index contributed by atoms with van der Waals surface area (Å²) >= 11 is 0. The highest BCUT2D eigenvalue weighted by Gasteiger charge is 2.53. The van der Waals surface area contributed by atoms with E-state index in [1.165, 1.54) is 0 Å². The second-order valence-electron chi connectivity index (χ2n) is 4.67. The molecule has 1 heterocycles. The average Bonchev–Trinajstić information content (AvgIpc) is 2.38. The van der Waals surface area contributed by atoms with E-state index in [4.69, 9.17) is 14.8 Å². The van der Waals surface area contributed by atoms with Crippen molar-refractivity contribution in [3.05, 3.63) is 0 Å². The first-order valence-corrected chi connectivity index (χ1v) is 7.22. The third kappa shape index (κ3) is 4.31. The molecule has 0 radical (unpaired) electrons. The van der Waals surface area contributed by atoms with Gasteiger partial charge >= 0.3 is 16.4 Å². The molecule has 1 saturated heterocycles. The lowest BCUT2D eigenvalue weighted by molar-refractivity contribution is -0.312. The van der Waals surface area contributed by atoms with E-state index in [1.807, 2.05) is 0 Å². The number of rotatable bonds is 6. The lowest BCUT2D eigenvalue weighted by Gasteiger charge is -2.42. The zero-order valence-electron chi connectivity index (χ0n) is 10.9. The molecule has 1 aliphatic rings. The highest BCUT2D eigenvalue weighted by molar-refractivity contribution is 7.80. The Morgan fingerprint density at radius 1 is 1.41 bits per heavy atom. The van der Waals surface area contributed by atoms with Crippen molar-refractivity contribution in [3.8, 4) is 0 Å². The zero-order chi connectivity index (χ0) is 17.3. The van der Waals surface area contributed by atoms with Gasteiger partial charge in [0.25, 0.3) is 5.79 Å². The van der Waals surface area contributed by atoms with Gasteiger partial charge in [-0.2, -0.15) is 8.42 Å². The third-order valence-electron chi connectivity index (χ3n) is 3.02. The lowest BCUT2D eigenvalue weighted by atomic mass is 9.91. The normalized spacial score (nSPS) is 35.8. The Labute approximate surface area is 124 Å². The summed E-state index contributed by atoms with van der Waals surface area (Å²) < 4.78 is 38.2. The van der Waals surface area contributed by atoms with E-state index in [-0.39, 0.29) is 0 Å². The number of carbonyl (C=O) groups is 1. The van der Waals surface area contributed by atoms with Crippen LogP contribution in [0.2, 0.25) is 0 Å². The first-order valence-electron chi connectivity index (χ1n) is 5.85. The largest absolute Gasteiger partial charge is 0.477 e. The van der Waals surface area contributed by atoms with Gasteiger partial charge in [0.2, 0.25) is 0 Å². The van der Waals surface area contributed by atoms with Crippen molar-refractivity contribution in [2.75, 3.05) is 6.61 Å². The number of aliphatic hydroxyl groups is 5. The number of aliphatic hydroxyl groups excluding tert-OH is 4. The highest BCUT2D eigenvalue weighted by atomic mass is 32.3. The Morgan fingerprint density at radius 3 is 2.36 bits per heavy atom. The molecule has 1 fully saturated rings. The van der Waals surface area contributed by atoms with Crippen LogP contribution in [-0.4, -0.2) is 92.5 Å². The first-order chi connectivity index (χ1) is 9.91. The summed E-state index contributed by atoms with van der Waals surface area (Å²) in [6.07, 6.45) is -11.0. The monoisotopic (exact) mass is 348 g/mol. The fourth-order valence-electron chi connectivity index (χ4n) is 1.94. The molecule has 1 rings (SSSR count). The second kappa shape index (κ2) is 6.69. The van der Waals surface area contributed by atoms with Gasteiger partial charge in [-0.25, -0.2) is 8.98 Å². The van der Waals surface area contributed by atoms with E-state index in [0.29, 0.717) is 0 Å². The van der Waals surface area contributed by atoms with Gasteiger partial charge in [-0.3, -0.25) is 4.55 Å². The first kappa shape index (κ1) is 19.1. The molecule has 1 aliphatic heterocycles. The van der Waals surface area contributed by atoms with E-state index < -0.39 is 65.7 Å². The van der Waals surface area contributed by atoms with Gasteiger partial charge in [0.05, 0.1) is 12.7 Å². The van der Waals surface area contributed by atoms with E-state index in [1.54, 1.807) is 0 Å². The van der Waals surface area contributed by atoms with Gasteiger partial charge in [0.1, 0.15) is 24.4 Å². The highest BCUT2D eigenvalue weighted by Crippen LogP contribution is 2.30. The number of aliphatic carboxylic acids is 1. The second-order valence-corrected chi connectivity index (χ2v) is 5.72. The van der Waals surface area contributed by atoms with Crippen LogP contribution in [0, 0.1) is 0 Å². The topological polar surface area (TPSA) is 211 Å².